The van der Waals surface area contributed by atoms with Crippen LogP contribution in [-0.4, -0.2) is 4.98 Å². The summed E-state index contributed by atoms with van der Waals surface area (Å²) in [7, 11) is 0. The monoisotopic (exact) mass is 290 g/mol. The van der Waals surface area contributed by atoms with Crippen LogP contribution in [0.4, 0.5) is 13.2 Å². The SMILES string of the molecule is NCc1[nH]c2ccc(C(F)(F)F)cc2c1-c1ccccc1. The third-order valence-corrected chi connectivity index (χ3v) is 3.47. The van der Waals surface area contributed by atoms with Gasteiger partial charge in [0.05, 0.1) is 5.56 Å². The minimum atomic E-state index is -4.36. The lowest BCUT2D eigenvalue weighted by atomic mass is 10.0. The number of alkyl halides is 3. The maximum atomic E-state index is 12.9. The minimum absolute atomic E-state index is 0.236. The summed E-state index contributed by atoms with van der Waals surface area (Å²) in [5.41, 5.74) is 8.04. The summed E-state index contributed by atoms with van der Waals surface area (Å²) in [4.78, 5) is 3.10. The van der Waals surface area contributed by atoms with Crippen molar-refractivity contribution in [1.29, 1.82) is 0 Å². The lowest BCUT2D eigenvalue weighted by molar-refractivity contribution is -0.137. The quantitative estimate of drug-likeness (QED) is 0.725. The van der Waals surface area contributed by atoms with E-state index in [4.69, 9.17) is 5.73 Å². The Morgan fingerprint density at radius 2 is 1.71 bits per heavy atom. The molecule has 3 rings (SSSR count). The van der Waals surface area contributed by atoms with Gasteiger partial charge in [0.2, 0.25) is 0 Å². The van der Waals surface area contributed by atoms with Crippen LogP contribution in [0.1, 0.15) is 11.3 Å². The van der Waals surface area contributed by atoms with E-state index in [0.717, 1.165) is 22.9 Å². The Hall–Kier alpha value is -2.27. The lowest BCUT2D eigenvalue weighted by Crippen LogP contribution is -2.04. The molecule has 0 radical (unpaired) electrons. The zero-order valence-electron chi connectivity index (χ0n) is 11.0. The number of benzene rings is 2. The summed E-state index contributed by atoms with van der Waals surface area (Å²) >= 11 is 0. The van der Waals surface area contributed by atoms with E-state index in [1.165, 1.54) is 12.1 Å². The van der Waals surface area contributed by atoms with E-state index in [-0.39, 0.29) is 6.54 Å². The molecule has 0 aliphatic rings. The lowest BCUT2D eigenvalue weighted by Gasteiger charge is -2.07. The summed E-state index contributed by atoms with van der Waals surface area (Å²) in [6, 6.07) is 13.0. The Labute approximate surface area is 119 Å². The summed E-state index contributed by atoms with van der Waals surface area (Å²) < 4.78 is 38.7. The Balaban J connectivity index is 2.30. The number of H-pyrrole nitrogens is 1. The maximum Gasteiger partial charge on any atom is 0.416 e. The van der Waals surface area contributed by atoms with Crippen LogP contribution in [0.2, 0.25) is 0 Å². The highest BCUT2D eigenvalue weighted by Crippen LogP contribution is 2.37. The first kappa shape index (κ1) is 13.7. The predicted octanol–water partition coefficient (Wildman–Crippen LogP) is 4.31. The van der Waals surface area contributed by atoms with Gasteiger partial charge in [-0.05, 0) is 23.8 Å². The fourth-order valence-corrected chi connectivity index (χ4v) is 2.51. The Morgan fingerprint density at radius 3 is 2.33 bits per heavy atom. The van der Waals surface area contributed by atoms with Crippen LogP contribution in [0.25, 0.3) is 22.0 Å². The molecule has 0 saturated carbocycles. The molecule has 0 fully saturated rings. The molecule has 1 heterocycles. The molecule has 0 bridgehead atoms. The van der Waals surface area contributed by atoms with Crippen molar-refractivity contribution in [2.75, 3.05) is 0 Å². The second-order valence-electron chi connectivity index (χ2n) is 4.81. The number of aromatic amines is 1. The highest BCUT2D eigenvalue weighted by atomic mass is 19.4. The zero-order valence-corrected chi connectivity index (χ0v) is 11.0. The van der Waals surface area contributed by atoms with Gasteiger partial charge >= 0.3 is 6.18 Å². The molecular formula is C16H13F3N2. The Kier molecular flexibility index (Phi) is 3.22. The minimum Gasteiger partial charge on any atom is -0.357 e. The number of aromatic nitrogens is 1. The van der Waals surface area contributed by atoms with Gasteiger partial charge in [-0.15, -0.1) is 0 Å². The molecule has 0 atom stereocenters. The van der Waals surface area contributed by atoms with Gasteiger partial charge in [-0.25, -0.2) is 0 Å². The number of hydrogen-bond donors (Lipinski definition) is 2. The molecule has 0 saturated heterocycles. The summed E-state index contributed by atoms with van der Waals surface area (Å²) in [6.07, 6.45) is -4.36. The highest BCUT2D eigenvalue weighted by Gasteiger charge is 2.31. The van der Waals surface area contributed by atoms with Crippen LogP contribution in [-0.2, 0) is 12.7 Å². The van der Waals surface area contributed by atoms with E-state index in [1.54, 1.807) is 0 Å². The van der Waals surface area contributed by atoms with Gasteiger partial charge < -0.3 is 10.7 Å². The number of hydrogen-bond acceptors (Lipinski definition) is 1. The molecule has 0 amide bonds. The normalized spacial score (nSPS) is 12.0. The molecule has 2 aromatic carbocycles. The number of halogens is 3. The predicted molar refractivity (Wildman–Crippen MR) is 76.6 cm³/mol. The van der Waals surface area contributed by atoms with Gasteiger partial charge in [-0.3, -0.25) is 0 Å². The molecule has 3 N–H and O–H groups in total. The molecule has 0 aliphatic heterocycles. The van der Waals surface area contributed by atoms with Crippen molar-refractivity contribution in [2.45, 2.75) is 12.7 Å². The van der Waals surface area contributed by atoms with Crippen LogP contribution in [0.5, 0.6) is 0 Å². The van der Waals surface area contributed by atoms with Crippen molar-refractivity contribution in [1.82, 2.24) is 4.98 Å². The molecule has 0 spiro atoms. The smallest absolute Gasteiger partial charge is 0.357 e. The molecule has 0 aliphatic carbocycles. The Bertz CT molecular complexity index is 773. The number of rotatable bonds is 2. The maximum absolute atomic E-state index is 12.9. The average molecular weight is 290 g/mol. The highest BCUT2D eigenvalue weighted by molar-refractivity contribution is 5.98. The second-order valence-corrected chi connectivity index (χ2v) is 4.81. The summed E-state index contributed by atoms with van der Waals surface area (Å²) in [6.45, 7) is 0.236. The number of nitrogens with two attached hydrogens (primary N) is 1. The average Bonchev–Trinajstić information content (AvgIpc) is 2.84. The van der Waals surface area contributed by atoms with Gasteiger partial charge in [0.25, 0.3) is 0 Å². The van der Waals surface area contributed by atoms with Gasteiger partial charge in [0.1, 0.15) is 0 Å². The van der Waals surface area contributed by atoms with Gasteiger partial charge in [0.15, 0.2) is 0 Å². The van der Waals surface area contributed by atoms with Crippen LogP contribution in [0.3, 0.4) is 0 Å². The van der Waals surface area contributed by atoms with Crippen LogP contribution in [0.15, 0.2) is 48.5 Å². The van der Waals surface area contributed by atoms with E-state index >= 15 is 0 Å². The van der Waals surface area contributed by atoms with E-state index < -0.39 is 11.7 Å². The fraction of sp³-hybridized carbons (Fsp3) is 0.125. The summed E-state index contributed by atoms with van der Waals surface area (Å²) in [5, 5.41) is 0.538. The van der Waals surface area contributed by atoms with E-state index in [1.807, 2.05) is 30.3 Å². The number of fused-ring (bicyclic) bond motifs is 1. The number of nitrogens with one attached hydrogen (secondary N) is 1. The first-order valence-electron chi connectivity index (χ1n) is 6.48. The first-order valence-corrected chi connectivity index (χ1v) is 6.48. The molecule has 2 nitrogen and oxygen atoms in total. The first-order chi connectivity index (χ1) is 10.0. The molecule has 108 valence electrons. The van der Waals surface area contributed by atoms with Gasteiger partial charge in [-0.1, -0.05) is 30.3 Å². The third-order valence-electron chi connectivity index (χ3n) is 3.47. The van der Waals surface area contributed by atoms with Crippen molar-refractivity contribution in [3.63, 3.8) is 0 Å². The van der Waals surface area contributed by atoms with E-state index in [0.29, 0.717) is 10.9 Å². The standard InChI is InChI=1S/C16H13F3N2/c17-16(18,19)11-6-7-13-12(8-11)15(14(9-20)21-13)10-4-2-1-3-5-10/h1-8,21H,9,20H2. The topological polar surface area (TPSA) is 41.8 Å². The van der Waals surface area contributed by atoms with Crippen molar-refractivity contribution in [3.8, 4) is 11.1 Å². The van der Waals surface area contributed by atoms with E-state index in [9.17, 15) is 13.2 Å². The largest absolute Gasteiger partial charge is 0.416 e. The van der Waals surface area contributed by atoms with Crippen LogP contribution < -0.4 is 5.73 Å². The molecule has 0 unspecified atom stereocenters. The van der Waals surface area contributed by atoms with Gasteiger partial charge in [0, 0.05) is 28.7 Å². The van der Waals surface area contributed by atoms with Gasteiger partial charge in [-0.2, -0.15) is 13.2 Å². The van der Waals surface area contributed by atoms with Crippen LogP contribution >= 0.6 is 0 Å². The molecule has 5 heteroatoms. The van der Waals surface area contributed by atoms with Crippen LogP contribution in [0, 0.1) is 0 Å². The van der Waals surface area contributed by atoms with Crippen molar-refractivity contribution in [3.05, 3.63) is 59.8 Å². The fourth-order valence-electron chi connectivity index (χ4n) is 2.51. The molecule has 3 aromatic rings. The molecular weight excluding hydrogens is 277 g/mol. The van der Waals surface area contributed by atoms with Crippen molar-refractivity contribution >= 4 is 10.9 Å². The summed E-state index contributed by atoms with van der Waals surface area (Å²) in [5.74, 6) is 0. The molecule has 21 heavy (non-hydrogen) atoms. The molecule has 1 aromatic heterocycles. The second kappa shape index (κ2) is 4.93. The van der Waals surface area contributed by atoms with E-state index in [2.05, 4.69) is 4.98 Å². The van der Waals surface area contributed by atoms with Crippen molar-refractivity contribution < 1.29 is 13.2 Å². The zero-order chi connectivity index (χ0) is 15.0. The van der Waals surface area contributed by atoms with Crippen molar-refractivity contribution in [2.24, 2.45) is 5.73 Å². The third kappa shape index (κ3) is 2.40. The Morgan fingerprint density at radius 1 is 1.00 bits per heavy atom.